The van der Waals surface area contributed by atoms with Crippen LogP contribution in [0.25, 0.3) is 0 Å². The highest BCUT2D eigenvalue weighted by Gasteiger charge is 2.37. The maximum absolute atomic E-state index is 2.65. The number of para-hydroxylation sites is 4. The Balaban J connectivity index is 1.57. The Morgan fingerprint density at radius 2 is 0.917 bits per heavy atom. The second-order valence-corrected chi connectivity index (χ2v) is 10.8. The van der Waals surface area contributed by atoms with Crippen LogP contribution in [0.2, 0.25) is 0 Å². The van der Waals surface area contributed by atoms with E-state index in [9.17, 15) is 0 Å². The molecule has 0 radical (unpaired) electrons. The molecule has 3 aromatic carbocycles. The smallest absolute Gasteiger partial charge is 0.104 e. The maximum atomic E-state index is 2.65. The molecule has 0 saturated carbocycles. The highest BCUT2D eigenvalue weighted by molar-refractivity contribution is 5.78. The average Bonchev–Trinajstić information content (AvgIpc) is 3.19. The minimum atomic E-state index is 0.344. The van der Waals surface area contributed by atoms with Crippen molar-refractivity contribution in [3.8, 4) is 0 Å². The molecule has 1 heterocycles. The molecule has 3 aromatic rings. The first-order valence-corrected chi connectivity index (χ1v) is 13.6. The van der Waals surface area contributed by atoms with Gasteiger partial charge >= 0.3 is 0 Å². The van der Waals surface area contributed by atoms with Gasteiger partial charge in [0.2, 0.25) is 0 Å². The van der Waals surface area contributed by atoms with Gasteiger partial charge in [0.1, 0.15) is 6.17 Å². The second kappa shape index (κ2) is 11.7. The van der Waals surface area contributed by atoms with Gasteiger partial charge in [0.05, 0.1) is 11.4 Å². The molecule has 0 fully saturated rings. The van der Waals surface area contributed by atoms with Crippen LogP contribution in [-0.2, 0) is 0 Å². The summed E-state index contributed by atoms with van der Waals surface area (Å²) in [6.45, 7) is 17.9. The summed E-state index contributed by atoms with van der Waals surface area (Å²) in [7, 11) is 0. The summed E-state index contributed by atoms with van der Waals surface area (Å²) in [6.07, 6.45) is 0.344. The number of rotatable bonds is 11. The molecule has 4 nitrogen and oxygen atoms in total. The van der Waals surface area contributed by atoms with Gasteiger partial charge in [-0.2, -0.15) is 0 Å². The molecule has 0 amide bonds. The lowest BCUT2D eigenvalue weighted by Gasteiger charge is -2.39. The van der Waals surface area contributed by atoms with E-state index < -0.39 is 0 Å². The van der Waals surface area contributed by atoms with Gasteiger partial charge in [-0.05, 0) is 70.0 Å². The molecule has 4 heteroatoms. The second-order valence-electron chi connectivity index (χ2n) is 10.8. The van der Waals surface area contributed by atoms with Crippen LogP contribution in [-0.4, -0.2) is 44.4 Å². The van der Waals surface area contributed by atoms with Crippen molar-refractivity contribution >= 4 is 22.7 Å². The molecule has 4 rings (SSSR count). The van der Waals surface area contributed by atoms with Gasteiger partial charge < -0.3 is 19.6 Å². The predicted octanol–water partition coefficient (Wildman–Crippen LogP) is 7.13. The molecular formula is C32H44N4. The van der Waals surface area contributed by atoms with E-state index in [1.54, 1.807) is 0 Å². The third kappa shape index (κ3) is 5.64. The molecule has 0 atom stereocenters. The highest BCUT2D eigenvalue weighted by Crippen LogP contribution is 2.41. The minimum Gasteiger partial charge on any atom is -0.367 e. The zero-order valence-electron chi connectivity index (χ0n) is 23.0. The topological polar surface area (TPSA) is 13.0 Å². The van der Waals surface area contributed by atoms with Crippen molar-refractivity contribution in [1.29, 1.82) is 0 Å². The van der Waals surface area contributed by atoms with E-state index in [0.717, 1.165) is 26.2 Å². The molecule has 0 bridgehead atoms. The van der Waals surface area contributed by atoms with Crippen molar-refractivity contribution < 1.29 is 0 Å². The fourth-order valence-corrected chi connectivity index (χ4v) is 5.67. The Bertz CT molecular complexity index is 981. The van der Waals surface area contributed by atoms with Gasteiger partial charge in [0.15, 0.2) is 0 Å². The normalized spacial score (nSPS) is 13.7. The third-order valence-electron chi connectivity index (χ3n) is 7.32. The van der Waals surface area contributed by atoms with Gasteiger partial charge in [-0.3, -0.25) is 0 Å². The summed E-state index contributed by atoms with van der Waals surface area (Å²) in [4.78, 5) is 10.4. The van der Waals surface area contributed by atoms with Crippen LogP contribution in [0.1, 0.15) is 41.5 Å². The summed E-state index contributed by atoms with van der Waals surface area (Å²) in [6, 6.07) is 31.6. The molecule has 0 unspecified atom stereocenters. The number of hydrogen-bond acceptors (Lipinski definition) is 4. The molecule has 0 N–H and O–H groups in total. The number of fused-ring (bicyclic) bond motifs is 1. The fraction of sp³-hybridized carbons (Fsp3) is 0.438. The lowest BCUT2D eigenvalue weighted by Crippen LogP contribution is -2.52. The van der Waals surface area contributed by atoms with Crippen molar-refractivity contribution in [2.75, 3.05) is 45.8 Å². The lowest BCUT2D eigenvalue weighted by molar-refractivity contribution is 0.445. The summed E-state index contributed by atoms with van der Waals surface area (Å²) >= 11 is 0. The SMILES string of the molecule is CC(C)C1N(CCN(c2ccccc2)C(C)C)c2ccccc2N1CCN(c1ccccc1)C(C)C. The molecule has 1 aliphatic heterocycles. The minimum absolute atomic E-state index is 0.344. The fourth-order valence-electron chi connectivity index (χ4n) is 5.67. The Kier molecular flexibility index (Phi) is 8.45. The first kappa shape index (κ1) is 25.9. The van der Waals surface area contributed by atoms with E-state index in [1.807, 2.05) is 0 Å². The zero-order chi connectivity index (χ0) is 25.7. The van der Waals surface area contributed by atoms with Crippen LogP contribution in [0.5, 0.6) is 0 Å². The Labute approximate surface area is 219 Å². The lowest BCUT2D eigenvalue weighted by atomic mass is 10.1. The van der Waals surface area contributed by atoms with E-state index in [-0.39, 0.29) is 0 Å². The average molecular weight is 485 g/mol. The van der Waals surface area contributed by atoms with Gasteiger partial charge in [0.25, 0.3) is 0 Å². The molecule has 1 aliphatic rings. The number of benzene rings is 3. The maximum Gasteiger partial charge on any atom is 0.104 e. The van der Waals surface area contributed by atoms with Crippen molar-refractivity contribution in [3.05, 3.63) is 84.9 Å². The summed E-state index contributed by atoms with van der Waals surface area (Å²) in [5, 5.41) is 0. The van der Waals surface area contributed by atoms with Crippen LogP contribution >= 0.6 is 0 Å². The Morgan fingerprint density at radius 1 is 0.556 bits per heavy atom. The molecule has 0 aromatic heterocycles. The largest absolute Gasteiger partial charge is 0.367 e. The van der Waals surface area contributed by atoms with E-state index in [2.05, 4.69) is 146 Å². The van der Waals surface area contributed by atoms with Gasteiger partial charge in [-0.25, -0.2) is 0 Å². The molecule has 36 heavy (non-hydrogen) atoms. The molecular weight excluding hydrogens is 440 g/mol. The van der Waals surface area contributed by atoms with Crippen molar-refractivity contribution in [2.24, 2.45) is 5.92 Å². The van der Waals surface area contributed by atoms with Crippen molar-refractivity contribution in [2.45, 2.75) is 59.8 Å². The summed E-state index contributed by atoms with van der Waals surface area (Å²) < 4.78 is 0. The summed E-state index contributed by atoms with van der Waals surface area (Å²) in [5.74, 6) is 0.505. The Morgan fingerprint density at radius 3 is 1.25 bits per heavy atom. The van der Waals surface area contributed by atoms with Crippen LogP contribution in [0.15, 0.2) is 84.9 Å². The summed E-state index contributed by atoms with van der Waals surface area (Å²) in [5.41, 5.74) is 5.33. The number of nitrogens with zero attached hydrogens (tertiary/aromatic N) is 4. The van der Waals surface area contributed by atoms with Crippen molar-refractivity contribution in [1.82, 2.24) is 0 Å². The predicted molar refractivity (Wildman–Crippen MR) is 158 cm³/mol. The standard InChI is InChI=1S/C32H44N4/c1-25(2)32-35(23-21-33(26(3)4)28-15-9-7-10-16-28)30-19-13-14-20-31(30)36(32)24-22-34(27(5)6)29-17-11-8-12-18-29/h7-20,25-27,32H,21-24H2,1-6H3. The zero-order valence-corrected chi connectivity index (χ0v) is 23.0. The van der Waals surface area contributed by atoms with Gasteiger partial charge in [-0.1, -0.05) is 62.4 Å². The van der Waals surface area contributed by atoms with Crippen LogP contribution in [0, 0.1) is 5.92 Å². The molecule has 0 saturated heterocycles. The first-order valence-electron chi connectivity index (χ1n) is 13.6. The van der Waals surface area contributed by atoms with Crippen LogP contribution in [0.4, 0.5) is 22.7 Å². The van der Waals surface area contributed by atoms with Crippen LogP contribution < -0.4 is 19.6 Å². The monoisotopic (exact) mass is 484 g/mol. The molecule has 0 spiro atoms. The third-order valence-corrected chi connectivity index (χ3v) is 7.32. The van der Waals surface area contributed by atoms with E-state index >= 15 is 0 Å². The number of hydrogen-bond donors (Lipinski definition) is 0. The molecule has 0 aliphatic carbocycles. The quantitative estimate of drug-likeness (QED) is 0.287. The van der Waals surface area contributed by atoms with Crippen LogP contribution in [0.3, 0.4) is 0 Å². The van der Waals surface area contributed by atoms with E-state index in [4.69, 9.17) is 0 Å². The van der Waals surface area contributed by atoms with Gasteiger partial charge in [0, 0.05) is 49.6 Å². The van der Waals surface area contributed by atoms with Gasteiger partial charge in [-0.15, -0.1) is 0 Å². The molecule has 192 valence electrons. The van der Waals surface area contributed by atoms with E-state index in [0.29, 0.717) is 24.2 Å². The van der Waals surface area contributed by atoms with E-state index in [1.165, 1.54) is 22.7 Å². The highest BCUT2D eigenvalue weighted by atomic mass is 15.4. The van der Waals surface area contributed by atoms with Crippen molar-refractivity contribution in [3.63, 3.8) is 0 Å². The Hall–Kier alpha value is -3.14. The number of anilines is 4. The first-order chi connectivity index (χ1) is 17.4.